The molecule has 0 aliphatic heterocycles. The van der Waals surface area contributed by atoms with Gasteiger partial charge in [-0.15, -0.1) is 0 Å². The van der Waals surface area contributed by atoms with Crippen LogP contribution in [0.15, 0.2) is 79.0 Å². The van der Waals surface area contributed by atoms with Crippen LogP contribution in [0.2, 0.25) is 0 Å². The van der Waals surface area contributed by atoms with Crippen LogP contribution in [0.3, 0.4) is 0 Å². The molecule has 0 saturated heterocycles. The molecule has 0 atom stereocenters. The van der Waals surface area contributed by atoms with E-state index in [1.807, 2.05) is 6.20 Å². The third-order valence-electron chi connectivity index (χ3n) is 6.37. The van der Waals surface area contributed by atoms with Crippen LogP contribution in [-0.4, -0.2) is 11.6 Å². The maximum atomic E-state index is 6.23. The molecule has 0 unspecified atom stereocenters. The largest absolute Gasteiger partial charge is 0.492 e. The van der Waals surface area contributed by atoms with Gasteiger partial charge in [-0.05, 0) is 68.3 Å². The monoisotopic (exact) mass is 447 g/mol. The molecule has 0 spiro atoms. The van der Waals surface area contributed by atoms with Gasteiger partial charge in [0.1, 0.15) is 5.75 Å². The van der Waals surface area contributed by atoms with Crippen LogP contribution < -0.4 is 4.74 Å². The van der Waals surface area contributed by atoms with Crippen LogP contribution in [0.25, 0.3) is 43.6 Å². The van der Waals surface area contributed by atoms with Gasteiger partial charge < -0.3 is 4.74 Å². The van der Waals surface area contributed by atoms with Crippen molar-refractivity contribution in [1.29, 1.82) is 0 Å². The standard InChI is InChI=1S/C32H33NO/c1-31(2,3)20-34-29-13-9-12-24-25-16-17-33-30(27(25)15-14-26(24)29)22-18-21-10-7-8-11-23(21)28(19-22)32(4,5)6/h7-19H,20H2,1-6H3. The fraction of sp³-hybridized carbons (Fsp3) is 0.281. The van der Waals surface area contributed by atoms with Gasteiger partial charge in [0.25, 0.3) is 0 Å². The van der Waals surface area contributed by atoms with E-state index in [2.05, 4.69) is 114 Å². The second-order valence-corrected chi connectivity index (χ2v) is 11.5. The van der Waals surface area contributed by atoms with Gasteiger partial charge in [0.05, 0.1) is 12.3 Å². The lowest BCUT2D eigenvalue weighted by Crippen LogP contribution is -2.16. The summed E-state index contributed by atoms with van der Waals surface area (Å²) >= 11 is 0. The molecule has 0 aliphatic carbocycles. The number of hydrogen-bond donors (Lipinski definition) is 0. The van der Waals surface area contributed by atoms with Gasteiger partial charge in [0.2, 0.25) is 0 Å². The zero-order valence-corrected chi connectivity index (χ0v) is 21.1. The fourth-order valence-corrected chi connectivity index (χ4v) is 4.71. The van der Waals surface area contributed by atoms with E-state index >= 15 is 0 Å². The molecule has 0 saturated carbocycles. The Balaban J connectivity index is 1.72. The van der Waals surface area contributed by atoms with E-state index in [0.29, 0.717) is 6.61 Å². The van der Waals surface area contributed by atoms with Crippen molar-refractivity contribution in [2.75, 3.05) is 6.61 Å². The molecule has 0 bridgehead atoms. The summed E-state index contributed by atoms with van der Waals surface area (Å²) in [6.07, 6.45) is 1.94. The molecular formula is C32H33NO. The average Bonchev–Trinajstić information content (AvgIpc) is 2.80. The van der Waals surface area contributed by atoms with Gasteiger partial charge in [-0.1, -0.05) is 84.0 Å². The maximum absolute atomic E-state index is 6.23. The summed E-state index contributed by atoms with van der Waals surface area (Å²) < 4.78 is 6.23. The first-order valence-electron chi connectivity index (χ1n) is 12.1. The Kier molecular flexibility index (Phi) is 5.36. The predicted molar refractivity (Wildman–Crippen MR) is 146 cm³/mol. The van der Waals surface area contributed by atoms with Crippen LogP contribution in [0, 0.1) is 5.41 Å². The number of pyridine rings is 1. The van der Waals surface area contributed by atoms with Crippen molar-refractivity contribution < 1.29 is 4.74 Å². The van der Waals surface area contributed by atoms with E-state index < -0.39 is 0 Å². The van der Waals surface area contributed by atoms with Crippen molar-refractivity contribution in [2.45, 2.75) is 47.0 Å². The van der Waals surface area contributed by atoms with E-state index in [1.165, 1.54) is 27.1 Å². The van der Waals surface area contributed by atoms with E-state index in [0.717, 1.165) is 27.8 Å². The highest BCUT2D eigenvalue weighted by molar-refractivity contribution is 6.13. The molecule has 1 heterocycles. The third-order valence-corrected chi connectivity index (χ3v) is 6.37. The van der Waals surface area contributed by atoms with Crippen LogP contribution in [-0.2, 0) is 5.41 Å². The topological polar surface area (TPSA) is 22.1 Å². The highest BCUT2D eigenvalue weighted by atomic mass is 16.5. The molecular weight excluding hydrogens is 414 g/mol. The van der Waals surface area contributed by atoms with E-state index in [-0.39, 0.29) is 10.8 Å². The molecule has 0 aliphatic rings. The quantitative estimate of drug-likeness (QED) is 0.258. The summed E-state index contributed by atoms with van der Waals surface area (Å²) in [4.78, 5) is 4.87. The summed E-state index contributed by atoms with van der Waals surface area (Å²) in [5.41, 5.74) is 3.67. The smallest absolute Gasteiger partial charge is 0.127 e. The second kappa shape index (κ2) is 8.13. The molecule has 172 valence electrons. The SMILES string of the molecule is CC(C)(C)COc1cccc2c1ccc1c(-c3cc(C(C)(C)C)c4ccccc4c3)nccc12. The van der Waals surface area contributed by atoms with Gasteiger partial charge >= 0.3 is 0 Å². The fourth-order valence-electron chi connectivity index (χ4n) is 4.71. The van der Waals surface area contributed by atoms with E-state index in [9.17, 15) is 0 Å². The minimum Gasteiger partial charge on any atom is -0.492 e. The van der Waals surface area contributed by atoms with Crippen LogP contribution in [0.5, 0.6) is 5.75 Å². The van der Waals surface area contributed by atoms with Crippen molar-refractivity contribution in [2.24, 2.45) is 5.41 Å². The number of hydrogen-bond acceptors (Lipinski definition) is 2. The number of aromatic nitrogens is 1. The minimum atomic E-state index is 0.0339. The zero-order valence-electron chi connectivity index (χ0n) is 21.1. The maximum Gasteiger partial charge on any atom is 0.127 e. The summed E-state index contributed by atoms with van der Waals surface area (Å²) in [7, 11) is 0. The third kappa shape index (κ3) is 4.14. The Labute approximate surface area is 202 Å². The molecule has 2 heteroatoms. The summed E-state index contributed by atoms with van der Waals surface area (Å²) in [6.45, 7) is 14.1. The number of rotatable bonds is 3. The van der Waals surface area contributed by atoms with E-state index in [1.54, 1.807) is 0 Å². The Morgan fingerprint density at radius 2 is 1.38 bits per heavy atom. The number of fused-ring (bicyclic) bond motifs is 4. The Morgan fingerprint density at radius 3 is 2.15 bits per heavy atom. The molecule has 0 radical (unpaired) electrons. The van der Waals surface area contributed by atoms with Crippen molar-refractivity contribution >= 4 is 32.3 Å². The second-order valence-electron chi connectivity index (χ2n) is 11.5. The van der Waals surface area contributed by atoms with Gasteiger partial charge in [-0.2, -0.15) is 0 Å². The van der Waals surface area contributed by atoms with Crippen molar-refractivity contribution in [3.8, 4) is 17.0 Å². The number of nitrogens with zero attached hydrogens (tertiary/aromatic N) is 1. The lowest BCUT2D eigenvalue weighted by Gasteiger charge is -2.23. The Bertz CT molecular complexity index is 1520. The van der Waals surface area contributed by atoms with Crippen molar-refractivity contribution in [3.63, 3.8) is 0 Å². The first kappa shape index (κ1) is 22.4. The average molecular weight is 448 g/mol. The molecule has 4 aromatic carbocycles. The lowest BCUT2D eigenvalue weighted by atomic mass is 9.82. The summed E-state index contributed by atoms with van der Waals surface area (Å²) in [6, 6.07) is 26.1. The highest BCUT2D eigenvalue weighted by Crippen LogP contribution is 2.39. The highest BCUT2D eigenvalue weighted by Gasteiger charge is 2.20. The van der Waals surface area contributed by atoms with Gasteiger partial charge in [0.15, 0.2) is 0 Å². The van der Waals surface area contributed by atoms with Crippen LogP contribution in [0.1, 0.15) is 47.1 Å². The molecule has 5 aromatic rings. The molecule has 1 aromatic heterocycles. The number of benzene rings is 4. The molecule has 0 amide bonds. The Hall–Kier alpha value is -3.39. The Morgan fingerprint density at radius 1 is 0.676 bits per heavy atom. The molecule has 0 N–H and O–H groups in total. The van der Waals surface area contributed by atoms with E-state index in [4.69, 9.17) is 9.72 Å². The first-order valence-corrected chi connectivity index (χ1v) is 12.1. The number of ether oxygens (including phenoxy) is 1. The van der Waals surface area contributed by atoms with Crippen molar-refractivity contribution in [3.05, 3.63) is 84.6 Å². The molecule has 34 heavy (non-hydrogen) atoms. The molecule has 5 rings (SSSR count). The minimum absolute atomic E-state index is 0.0339. The van der Waals surface area contributed by atoms with Crippen LogP contribution >= 0.6 is 0 Å². The summed E-state index contributed by atoms with van der Waals surface area (Å²) in [5, 5.41) is 7.27. The zero-order chi connectivity index (χ0) is 24.1. The molecule has 2 nitrogen and oxygen atoms in total. The predicted octanol–water partition coefficient (Wildman–Crippen LogP) is 8.93. The van der Waals surface area contributed by atoms with Gasteiger partial charge in [-0.25, -0.2) is 0 Å². The van der Waals surface area contributed by atoms with Gasteiger partial charge in [-0.3, -0.25) is 4.98 Å². The van der Waals surface area contributed by atoms with Crippen LogP contribution in [0.4, 0.5) is 0 Å². The lowest BCUT2D eigenvalue weighted by molar-refractivity contribution is 0.200. The van der Waals surface area contributed by atoms with Crippen molar-refractivity contribution in [1.82, 2.24) is 4.98 Å². The molecule has 0 fully saturated rings. The first-order chi connectivity index (χ1) is 16.1. The van der Waals surface area contributed by atoms with Gasteiger partial charge in [0, 0.05) is 22.5 Å². The summed E-state index contributed by atoms with van der Waals surface area (Å²) in [5.74, 6) is 0.938. The normalized spacial score (nSPS) is 12.5.